The molecule has 8 nitrogen and oxygen atoms in total. The van der Waals surface area contributed by atoms with Gasteiger partial charge in [-0.3, -0.25) is 9.36 Å². The number of carboxylic acids is 1. The summed E-state index contributed by atoms with van der Waals surface area (Å²) in [6, 6.07) is 0. The van der Waals surface area contributed by atoms with Gasteiger partial charge in [0.1, 0.15) is 6.54 Å². The molecule has 1 heterocycles. The van der Waals surface area contributed by atoms with Crippen LogP contribution >= 0.6 is 7.60 Å². The van der Waals surface area contributed by atoms with E-state index in [9.17, 15) is 14.5 Å². The highest BCUT2D eigenvalue weighted by atomic mass is 31.2. The summed E-state index contributed by atoms with van der Waals surface area (Å²) in [5.41, 5.74) is 0. The van der Waals surface area contributed by atoms with E-state index < -0.39 is 18.9 Å². The lowest BCUT2D eigenvalue weighted by molar-refractivity contribution is -0.137. The van der Waals surface area contributed by atoms with E-state index in [2.05, 4.69) is 0 Å². The molecule has 98 valence electrons. The van der Waals surface area contributed by atoms with Gasteiger partial charge in [0.05, 0.1) is 13.2 Å². The topological polar surface area (TPSA) is 122 Å². The Kier molecular flexibility index (Phi) is 3.83. The van der Waals surface area contributed by atoms with Crippen LogP contribution in [-0.2, 0) is 9.36 Å². The zero-order chi connectivity index (χ0) is 13.3. The van der Waals surface area contributed by atoms with Gasteiger partial charge in [0, 0.05) is 12.4 Å². The van der Waals surface area contributed by atoms with Crippen molar-refractivity contribution in [3.8, 4) is 0 Å². The predicted molar refractivity (Wildman–Crippen MR) is 57.7 cm³/mol. The number of carbonyl (C=O) groups is 1. The first-order valence-electron chi connectivity index (χ1n) is 4.78. The minimum atomic E-state index is -4.62. The third-order valence-electron chi connectivity index (χ3n) is 2.32. The zero-order valence-corrected chi connectivity index (χ0v) is 10.1. The monoisotopic (exact) mass is 266 g/mol. The molecule has 0 aromatic carbocycles. The van der Waals surface area contributed by atoms with Gasteiger partial charge in [-0.2, -0.15) is 0 Å². The Morgan fingerprint density at radius 3 is 2.41 bits per heavy atom. The quantitative estimate of drug-likeness (QED) is 0.468. The Bertz CT molecular complexity index is 376. The lowest BCUT2D eigenvalue weighted by Crippen LogP contribution is -2.40. The fourth-order valence-corrected chi connectivity index (χ4v) is 1.74. The second-order valence-electron chi connectivity index (χ2n) is 4.09. The van der Waals surface area contributed by atoms with Gasteiger partial charge in [-0.1, -0.05) is 0 Å². The van der Waals surface area contributed by atoms with Crippen LogP contribution < -0.4 is 0 Å². The molecule has 0 aliphatic carbocycles. The van der Waals surface area contributed by atoms with Gasteiger partial charge in [-0.05, 0) is 6.92 Å². The van der Waals surface area contributed by atoms with Crippen molar-refractivity contribution in [1.29, 1.82) is 0 Å². The number of nitrogens with zero attached hydrogens (tertiary/aromatic N) is 2. The third kappa shape index (κ3) is 3.71. The molecule has 1 rings (SSSR count). The lowest BCUT2D eigenvalue weighted by Gasteiger charge is -2.30. The first-order chi connectivity index (χ1) is 7.62. The molecule has 0 bridgehead atoms. The highest BCUT2D eigenvalue weighted by molar-refractivity contribution is 7.53. The maximum Gasteiger partial charge on any atom is 0.358 e. The van der Waals surface area contributed by atoms with Crippen LogP contribution in [0, 0.1) is 0 Å². The summed E-state index contributed by atoms with van der Waals surface area (Å²) < 4.78 is 11.0. The van der Waals surface area contributed by atoms with E-state index >= 15 is 0 Å². The molecule has 0 fully saturated rings. The molecule has 1 aliphatic heterocycles. The molecule has 1 unspecified atom stereocenters. The Morgan fingerprint density at radius 2 is 1.94 bits per heavy atom. The molecule has 9 heteroatoms. The van der Waals surface area contributed by atoms with E-state index in [0.717, 1.165) is 6.92 Å². The van der Waals surface area contributed by atoms with Crippen LogP contribution in [0.1, 0.15) is 6.92 Å². The fourth-order valence-electron chi connectivity index (χ4n) is 1.37. The summed E-state index contributed by atoms with van der Waals surface area (Å²) in [7, 11) is -4.62. The molecule has 1 aliphatic rings. The van der Waals surface area contributed by atoms with Crippen molar-refractivity contribution in [2.24, 2.45) is 0 Å². The van der Waals surface area contributed by atoms with Crippen LogP contribution in [0.4, 0.5) is 0 Å². The van der Waals surface area contributed by atoms with Crippen LogP contribution in [0.25, 0.3) is 0 Å². The molecule has 0 spiro atoms. The average molecular weight is 266 g/mol. The van der Waals surface area contributed by atoms with E-state index in [1.165, 1.54) is 22.2 Å². The van der Waals surface area contributed by atoms with Crippen LogP contribution in [0.2, 0.25) is 0 Å². The molecule has 0 radical (unpaired) electrons. The average Bonchev–Trinajstić information content (AvgIpc) is 2.48. The molecule has 4 N–H and O–H groups in total. The molecule has 0 aromatic heterocycles. The maximum atomic E-state index is 11.0. The number of hydrogen-bond acceptors (Lipinski definition) is 5. The van der Waals surface area contributed by atoms with Crippen molar-refractivity contribution in [1.82, 2.24) is 9.80 Å². The molecule has 0 amide bonds. The summed E-state index contributed by atoms with van der Waals surface area (Å²) in [5.74, 6) is -1.00. The standard InChI is InChI=1S/C8H15N2O6P/c1-8(13,17(14,15)16)5-10-3-2-9(6-10)4-7(11)12/h2-3,13H,4-6H2,1H3,(H,11,12)(H2,14,15,16). The number of hydrogen-bond donors (Lipinski definition) is 4. The normalized spacial score (nSPS) is 19.5. The summed E-state index contributed by atoms with van der Waals surface area (Å²) in [4.78, 5) is 31.2. The SMILES string of the molecule is CC(O)(CN1C=CN(CC(=O)O)C1)P(=O)(O)O. The predicted octanol–water partition coefficient (Wildman–Crippen LogP) is -0.996. The van der Waals surface area contributed by atoms with Crippen molar-refractivity contribution >= 4 is 13.6 Å². The molecule has 0 aromatic rings. The number of β-amino-alcohol motifs (C(OH)–C–C–N with tert-alkyl or cyclic N) is 1. The van der Waals surface area contributed by atoms with E-state index in [0.29, 0.717) is 0 Å². The van der Waals surface area contributed by atoms with Gasteiger partial charge in [0.25, 0.3) is 0 Å². The second-order valence-corrected chi connectivity index (χ2v) is 6.14. The van der Waals surface area contributed by atoms with E-state index in [1.807, 2.05) is 0 Å². The van der Waals surface area contributed by atoms with Crippen LogP contribution in [-0.4, -0.2) is 60.9 Å². The lowest BCUT2D eigenvalue weighted by atomic mass is 10.4. The van der Waals surface area contributed by atoms with Crippen molar-refractivity contribution in [2.75, 3.05) is 19.8 Å². The van der Waals surface area contributed by atoms with Crippen molar-refractivity contribution in [3.63, 3.8) is 0 Å². The largest absolute Gasteiger partial charge is 0.480 e. The van der Waals surface area contributed by atoms with E-state index in [-0.39, 0.29) is 19.8 Å². The molecular weight excluding hydrogens is 251 g/mol. The Morgan fingerprint density at radius 1 is 1.41 bits per heavy atom. The maximum absolute atomic E-state index is 11.0. The number of aliphatic carboxylic acids is 1. The highest BCUT2D eigenvalue weighted by Gasteiger charge is 2.42. The van der Waals surface area contributed by atoms with Crippen LogP contribution in [0.3, 0.4) is 0 Å². The Hall–Kier alpha value is -1.08. The first-order valence-corrected chi connectivity index (χ1v) is 6.39. The van der Waals surface area contributed by atoms with Crippen molar-refractivity contribution < 1.29 is 29.4 Å². The second kappa shape index (κ2) is 4.66. The summed E-state index contributed by atoms with van der Waals surface area (Å²) >= 11 is 0. The highest BCUT2D eigenvalue weighted by Crippen LogP contribution is 2.48. The fraction of sp³-hybridized carbons (Fsp3) is 0.625. The zero-order valence-electron chi connectivity index (χ0n) is 9.22. The third-order valence-corrected chi connectivity index (χ3v) is 3.72. The Balaban J connectivity index is 2.55. The van der Waals surface area contributed by atoms with Crippen LogP contribution in [0.5, 0.6) is 0 Å². The van der Waals surface area contributed by atoms with Gasteiger partial charge < -0.3 is 29.8 Å². The summed E-state index contributed by atoms with van der Waals surface area (Å²) in [6.07, 6.45) is 2.97. The molecule has 1 atom stereocenters. The van der Waals surface area contributed by atoms with Gasteiger partial charge in [-0.15, -0.1) is 0 Å². The van der Waals surface area contributed by atoms with E-state index in [1.54, 1.807) is 0 Å². The number of aliphatic hydroxyl groups is 1. The minimum absolute atomic E-state index is 0.169. The van der Waals surface area contributed by atoms with E-state index in [4.69, 9.17) is 14.9 Å². The van der Waals surface area contributed by atoms with Gasteiger partial charge in [0.2, 0.25) is 0 Å². The minimum Gasteiger partial charge on any atom is -0.480 e. The molecule has 0 saturated heterocycles. The number of rotatable bonds is 5. The summed E-state index contributed by atoms with van der Waals surface area (Å²) in [5, 5.41) is 16.0. The smallest absolute Gasteiger partial charge is 0.358 e. The molecule has 17 heavy (non-hydrogen) atoms. The van der Waals surface area contributed by atoms with Crippen LogP contribution in [0.15, 0.2) is 12.4 Å². The first kappa shape index (κ1) is 14.0. The number of carboxylic acid groups (broad SMARTS) is 1. The summed E-state index contributed by atoms with van der Waals surface area (Å²) in [6.45, 7) is 0.735. The van der Waals surface area contributed by atoms with Crippen molar-refractivity contribution in [2.45, 2.75) is 12.3 Å². The Labute approximate surface area is 97.9 Å². The van der Waals surface area contributed by atoms with Gasteiger partial charge in [-0.25, -0.2) is 0 Å². The van der Waals surface area contributed by atoms with Gasteiger partial charge in [0.15, 0.2) is 5.34 Å². The molecule has 0 saturated carbocycles. The van der Waals surface area contributed by atoms with Crippen molar-refractivity contribution in [3.05, 3.63) is 12.4 Å². The molecular formula is C8H15N2O6P. The van der Waals surface area contributed by atoms with Gasteiger partial charge >= 0.3 is 13.6 Å².